The van der Waals surface area contributed by atoms with Gasteiger partial charge in [-0.2, -0.15) is 0 Å². The molecule has 0 atom stereocenters. The number of fused-ring (bicyclic) bond motifs is 2. The van der Waals surface area contributed by atoms with E-state index in [1.807, 2.05) is 0 Å². The van der Waals surface area contributed by atoms with Crippen LogP contribution in [0.4, 0.5) is 22.7 Å². The van der Waals surface area contributed by atoms with Crippen molar-refractivity contribution in [1.29, 1.82) is 0 Å². The van der Waals surface area contributed by atoms with E-state index in [9.17, 15) is 22.8 Å². The molecular formula is C25H22N4O5S. The molecular weight excluding hydrogens is 468 g/mol. The molecule has 0 bridgehead atoms. The molecule has 178 valence electrons. The molecule has 0 radical (unpaired) electrons. The molecule has 10 heteroatoms. The second-order valence-corrected chi connectivity index (χ2v) is 10.3. The third-order valence-corrected chi connectivity index (χ3v) is 7.18. The monoisotopic (exact) mass is 490 g/mol. The average molecular weight is 491 g/mol. The van der Waals surface area contributed by atoms with Crippen molar-refractivity contribution in [3.8, 4) is 0 Å². The van der Waals surface area contributed by atoms with Crippen LogP contribution in [0.3, 0.4) is 0 Å². The highest BCUT2D eigenvalue weighted by atomic mass is 32.2. The number of benzene rings is 3. The van der Waals surface area contributed by atoms with Gasteiger partial charge < -0.3 is 10.6 Å². The SMILES string of the molecule is CS(=O)(=O)N1CCc2cc(C(=O)Nc3ccc(C(=O)N4CC(=O)Nc5ccccc54)cc3)ccc21. The van der Waals surface area contributed by atoms with E-state index in [0.29, 0.717) is 46.8 Å². The summed E-state index contributed by atoms with van der Waals surface area (Å²) < 4.78 is 25.2. The molecule has 0 saturated heterocycles. The van der Waals surface area contributed by atoms with E-state index in [-0.39, 0.29) is 24.3 Å². The Balaban J connectivity index is 1.30. The minimum Gasteiger partial charge on any atom is -0.323 e. The fourth-order valence-electron chi connectivity index (χ4n) is 4.33. The summed E-state index contributed by atoms with van der Waals surface area (Å²) in [6.45, 7) is 0.279. The highest BCUT2D eigenvalue weighted by Crippen LogP contribution is 2.32. The highest BCUT2D eigenvalue weighted by molar-refractivity contribution is 7.92. The van der Waals surface area contributed by atoms with Gasteiger partial charge in [-0.3, -0.25) is 23.6 Å². The van der Waals surface area contributed by atoms with Crippen LogP contribution in [0.1, 0.15) is 26.3 Å². The van der Waals surface area contributed by atoms with Gasteiger partial charge in [0.1, 0.15) is 6.54 Å². The quantitative estimate of drug-likeness (QED) is 0.584. The van der Waals surface area contributed by atoms with Gasteiger partial charge in [-0.05, 0) is 66.6 Å². The maximum Gasteiger partial charge on any atom is 0.258 e. The number of para-hydroxylation sites is 2. The molecule has 9 nitrogen and oxygen atoms in total. The van der Waals surface area contributed by atoms with Gasteiger partial charge in [-0.1, -0.05) is 12.1 Å². The fraction of sp³-hybridized carbons (Fsp3) is 0.160. The second kappa shape index (κ2) is 8.55. The molecule has 35 heavy (non-hydrogen) atoms. The zero-order valence-corrected chi connectivity index (χ0v) is 19.6. The van der Waals surface area contributed by atoms with Crippen LogP contribution in [-0.2, 0) is 21.2 Å². The molecule has 0 aliphatic carbocycles. The van der Waals surface area contributed by atoms with Gasteiger partial charge in [0, 0.05) is 23.4 Å². The third kappa shape index (κ3) is 4.35. The molecule has 0 saturated carbocycles. The summed E-state index contributed by atoms with van der Waals surface area (Å²) in [7, 11) is -3.36. The van der Waals surface area contributed by atoms with E-state index < -0.39 is 10.0 Å². The number of nitrogens with one attached hydrogen (secondary N) is 2. The van der Waals surface area contributed by atoms with Crippen molar-refractivity contribution in [3.05, 3.63) is 83.4 Å². The average Bonchev–Trinajstić information content (AvgIpc) is 3.27. The Morgan fingerprint density at radius 1 is 0.943 bits per heavy atom. The van der Waals surface area contributed by atoms with E-state index >= 15 is 0 Å². The molecule has 2 aliphatic heterocycles. The molecule has 2 N–H and O–H groups in total. The normalized spacial score (nSPS) is 14.7. The number of hydrogen-bond donors (Lipinski definition) is 2. The van der Waals surface area contributed by atoms with E-state index in [1.165, 1.54) is 9.21 Å². The summed E-state index contributed by atoms with van der Waals surface area (Å²) >= 11 is 0. The van der Waals surface area contributed by atoms with Crippen LogP contribution in [0.25, 0.3) is 0 Å². The Morgan fingerprint density at radius 3 is 2.40 bits per heavy atom. The van der Waals surface area contributed by atoms with Crippen molar-refractivity contribution >= 4 is 50.5 Å². The summed E-state index contributed by atoms with van der Waals surface area (Å²) in [6.07, 6.45) is 1.70. The zero-order valence-electron chi connectivity index (χ0n) is 18.8. The van der Waals surface area contributed by atoms with Crippen molar-refractivity contribution < 1.29 is 22.8 Å². The third-order valence-electron chi connectivity index (χ3n) is 6.00. The largest absolute Gasteiger partial charge is 0.323 e. The first-order chi connectivity index (χ1) is 16.7. The lowest BCUT2D eigenvalue weighted by atomic mass is 10.1. The Morgan fingerprint density at radius 2 is 1.66 bits per heavy atom. The number of nitrogens with zero attached hydrogens (tertiary/aromatic N) is 2. The van der Waals surface area contributed by atoms with Gasteiger partial charge in [0.25, 0.3) is 11.8 Å². The van der Waals surface area contributed by atoms with Crippen LogP contribution in [0, 0.1) is 0 Å². The molecule has 0 aromatic heterocycles. The Hall–Kier alpha value is -4.18. The van der Waals surface area contributed by atoms with Crippen LogP contribution < -0.4 is 19.8 Å². The van der Waals surface area contributed by atoms with Crippen molar-refractivity contribution in [2.75, 3.05) is 39.2 Å². The predicted octanol–water partition coefficient (Wildman–Crippen LogP) is 2.86. The maximum atomic E-state index is 13.1. The lowest BCUT2D eigenvalue weighted by Gasteiger charge is -2.29. The van der Waals surface area contributed by atoms with E-state index in [1.54, 1.807) is 66.7 Å². The summed E-state index contributed by atoms with van der Waals surface area (Å²) in [5, 5.41) is 5.55. The van der Waals surface area contributed by atoms with E-state index in [2.05, 4.69) is 10.6 Å². The summed E-state index contributed by atoms with van der Waals surface area (Å²) in [5.41, 5.74) is 3.90. The minimum absolute atomic E-state index is 0.0799. The van der Waals surface area contributed by atoms with Crippen molar-refractivity contribution in [1.82, 2.24) is 0 Å². The fourth-order valence-corrected chi connectivity index (χ4v) is 5.29. The van der Waals surface area contributed by atoms with Crippen molar-refractivity contribution in [3.63, 3.8) is 0 Å². The number of rotatable bonds is 4. The second-order valence-electron chi connectivity index (χ2n) is 8.42. The Labute approximate surface area is 202 Å². The first kappa shape index (κ1) is 22.6. The van der Waals surface area contributed by atoms with Crippen LogP contribution in [0.2, 0.25) is 0 Å². The Bertz CT molecular complexity index is 1470. The molecule has 3 amide bonds. The number of sulfonamides is 1. The number of carbonyl (C=O) groups excluding carboxylic acids is 3. The summed E-state index contributed by atoms with van der Waals surface area (Å²) in [4.78, 5) is 39.3. The van der Waals surface area contributed by atoms with Gasteiger partial charge >= 0.3 is 0 Å². The van der Waals surface area contributed by atoms with Crippen LogP contribution >= 0.6 is 0 Å². The van der Waals surface area contributed by atoms with Gasteiger partial charge in [-0.15, -0.1) is 0 Å². The number of anilines is 4. The van der Waals surface area contributed by atoms with Crippen LogP contribution in [0.5, 0.6) is 0 Å². The smallest absolute Gasteiger partial charge is 0.258 e. The summed E-state index contributed by atoms with van der Waals surface area (Å²) in [5.74, 6) is -0.930. The molecule has 5 rings (SSSR count). The first-order valence-corrected chi connectivity index (χ1v) is 12.8. The minimum atomic E-state index is -3.36. The maximum absolute atomic E-state index is 13.1. The zero-order chi connectivity index (χ0) is 24.7. The van der Waals surface area contributed by atoms with E-state index in [4.69, 9.17) is 0 Å². The topological polar surface area (TPSA) is 116 Å². The van der Waals surface area contributed by atoms with Crippen LogP contribution in [-0.4, -0.2) is 45.5 Å². The molecule has 0 unspecified atom stereocenters. The molecule has 2 heterocycles. The number of hydrogen-bond acceptors (Lipinski definition) is 5. The molecule has 2 aliphatic rings. The lowest BCUT2D eigenvalue weighted by molar-refractivity contribution is -0.115. The molecule has 0 spiro atoms. The van der Waals surface area contributed by atoms with E-state index in [0.717, 1.165) is 11.8 Å². The predicted molar refractivity (Wildman–Crippen MR) is 133 cm³/mol. The number of carbonyl (C=O) groups is 3. The number of amides is 3. The van der Waals surface area contributed by atoms with Gasteiger partial charge in [0.2, 0.25) is 15.9 Å². The molecule has 0 fully saturated rings. The van der Waals surface area contributed by atoms with Crippen molar-refractivity contribution in [2.45, 2.75) is 6.42 Å². The standard InChI is InChI=1S/C25H22N4O5S/c1-35(33,34)29-13-12-17-14-18(8-11-21(17)29)24(31)26-19-9-6-16(7-10-19)25(32)28-15-23(30)27-20-4-2-3-5-22(20)28/h2-11,14H,12-13,15H2,1H3,(H,26,31)(H,27,30). The molecule has 3 aromatic carbocycles. The lowest BCUT2D eigenvalue weighted by Crippen LogP contribution is -2.42. The molecule has 3 aromatic rings. The summed E-state index contributed by atoms with van der Waals surface area (Å²) in [6, 6.07) is 18.5. The highest BCUT2D eigenvalue weighted by Gasteiger charge is 2.28. The van der Waals surface area contributed by atoms with Gasteiger partial charge in [0.15, 0.2) is 0 Å². The van der Waals surface area contributed by atoms with Crippen LogP contribution in [0.15, 0.2) is 66.7 Å². The van der Waals surface area contributed by atoms with Gasteiger partial charge in [0.05, 0.1) is 23.3 Å². The van der Waals surface area contributed by atoms with Crippen molar-refractivity contribution in [2.24, 2.45) is 0 Å². The Kier molecular flexibility index (Phi) is 5.52. The first-order valence-electron chi connectivity index (χ1n) is 10.9. The van der Waals surface area contributed by atoms with Gasteiger partial charge in [-0.25, -0.2) is 8.42 Å².